The van der Waals surface area contributed by atoms with Crippen LogP contribution in [0.5, 0.6) is 0 Å². The van der Waals surface area contributed by atoms with E-state index in [1.165, 1.54) is 0 Å². The highest BCUT2D eigenvalue weighted by atomic mass is 79.9. The van der Waals surface area contributed by atoms with Crippen LogP contribution in [-0.4, -0.2) is 17.2 Å². The zero-order chi connectivity index (χ0) is 14.0. The van der Waals surface area contributed by atoms with Gasteiger partial charge in [0, 0.05) is 16.7 Å². The largest absolute Gasteiger partial charge is 0.391 e. The lowest BCUT2D eigenvalue weighted by Gasteiger charge is -2.31. The number of nitrogens with zero attached hydrogens (tertiary/aromatic N) is 1. The highest BCUT2D eigenvalue weighted by molar-refractivity contribution is 9.10. The molecule has 2 rings (SSSR count). The molecule has 19 heavy (non-hydrogen) atoms. The molecule has 0 aromatic carbocycles. The minimum Gasteiger partial charge on any atom is -0.380 e. The molecule has 1 aliphatic rings. The van der Waals surface area contributed by atoms with Crippen molar-refractivity contribution in [2.45, 2.75) is 37.9 Å². The Morgan fingerprint density at radius 2 is 2.11 bits per heavy atom. The number of halogens is 5. The predicted molar refractivity (Wildman–Crippen MR) is 72.4 cm³/mol. The van der Waals surface area contributed by atoms with E-state index >= 15 is 0 Å². The van der Waals surface area contributed by atoms with Gasteiger partial charge in [-0.05, 0) is 41.3 Å². The van der Waals surface area contributed by atoms with Crippen LogP contribution in [0.4, 0.5) is 18.9 Å². The molecule has 0 aliphatic heterocycles. The van der Waals surface area contributed by atoms with E-state index in [-0.39, 0.29) is 24.0 Å². The third-order valence-electron chi connectivity index (χ3n) is 3.30. The van der Waals surface area contributed by atoms with Crippen LogP contribution >= 0.6 is 27.5 Å². The second kappa shape index (κ2) is 5.87. The van der Waals surface area contributed by atoms with Crippen LogP contribution in [0, 0.1) is 5.92 Å². The molecular weight excluding hydrogens is 344 g/mol. The maximum atomic E-state index is 12.7. The van der Waals surface area contributed by atoms with Gasteiger partial charge in [-0.25, -0.2) is 4.98 Å². The highest BCUT2D eigenvalue weighted by Gasteiger charge is 2.42. The third kappa shape index (κ3) is 3.99. The van der Waals surface area contributed by atoms with Crippen molar-refractivity contribution in [2.24, 2.45) is 5.92 Å². The maximum Gasteiger partial charge on any atom is 0.391 e. The Morgan fingerprint density at radius 3 is 2.79 bits per heavy atom. The molecule has 1 aromatic rings. The van der Waals surface area contributed by atoms with Gasteiger partial charge in [0.15, 0.2) is 5.15 Å². The van der Waals surface area contributed by atoms with Crippen molar-refractivity contribution in [1.29, 1.82) is 0 Å². The van der Waals surface area contributed by atoms with Crippen LogP contribution in [0.2, 0.25) is 5.15 Å². The van der Waals surface area contributed by atoms with E-state index in [1.807, 2.05) is 0 Å². The van der Waals surface area contributed by atoms with Crippen LogP contribution in [0.25, 0.3) is 0 Å². The van der Waals surface area contributed by atoms with E-state index in [2.05, 4.69) is 26.2 Å². The van der Waals surface area contributed by atoms with Crippen LogP contribution in [0.1, 0.15) is 25.7 Å². The number of rotatable bonds is 2. The van der Waals surface area contributed by atoms with Gasteiger partial charge in [-0.3, -0.25) is 0 Å². The lowest BCUT2D eigenvalue weighted by Crippen LogP contribution is -2.34. The van der Waals surface area contributed by atoms with Crippen LogP contribution in [-0.2, 0) is 0 Å². The number of pyridine rings is 1. The summed E-state index contributed by atoms with van der Waals surface area (Å²) in [7, 11) is 0. The smallest absolute Gasteiger partial charge is 0.380 e. The minimum absolute atomic E-state index is 0.0896. The fourth-order valence-electron chi connectivity index (χ4n) is 2.36. The fourth-order valence-corrected chi connectivity index (χ4v) is 2.85. The Labute approximate surface area is 122 Å². The summed E-state index contributed by atoms with van der Waals surface area (Å²) < 4.78 is 38.9. The van der Waals surface area contributed by atoms with Gasteiger partial charge in [-0.1, -0.05) is 18.0 Å². The highest BCUT2D eigenvalue weighted by Crippen LogP contribution is 2.38. The molecule has 7 heteroatoms. The normalized spacial score (nSPS) is 24.3. The van der Waals surface area contributed by atoms with Gasteiger partial charge >= 0.3 is 6.18 Å². The van der Waals surface area contributed by atoms with Crippen molar-refractivity contribution in [3.63, 3.8) is 0 Å². The molecule has 0 bridgehead atoms. The quantitative estimate of drug-likeness (QED) is 0.751. The summed E-state index contributed by atoms with van der Waals surface area (Å²) in [6.07, 6.45) is -0.971. The fraction of sp³-hybridized carbons (Fsp3) is 0.583. The zero-order valence-electron chi connectivity index (χ0n) is 9.97. The molecule has 0 spiro atoms. The van der Waals surface area contributed by atoms with E-state index in [0.717, 1.165) is 10.9 Å². The molecule has 0 amide bonds. The summed E-state index contributed by atoms with van der Waals surface area (Å²) in [5.74, 6) is -1.22. The second-order valence-electron chi connectivity index (χ2n) is 4.74. The monoisotopic (exact) mass is 356 g/mol. The van der Waals surface area contributed by atoms with E-state index in [0.29, 0.717) is 12.1 Å². The summed E-state index contributed by atoms with van der Waals surface area (Å²) in [5.41, 5.74) is 0.573. The van der Waals surface area contributed by atoms with Crippen molar-refractivity contribution in [1.82, 2.24) is 4.98 Å². The zero-order valence-corrected chi connectivity index (χ0v) is 12.3. The Hall–Kier alpha value is -0.490. The SMILES string of the molecule is FC(F)(F)C1CCCC(Nc2cc(Br)cnc2Cl)C1. The summed E-state index contributed by atoms with van der Waals surface area (Å²) in [6, 6.07) is 1.51. The number of hydrogen-bond acceptors (Lipinski definition) is 2. The van der Waals surface area contributed by atoms with Gasteiger partial charge in [0.25, 0.3) is 0 Å². The van der Waals surface area contributed by atoms with Gasteiger partial charge in [-0.2, -0.15) is 13.2 Å². The second-order valence-corrected chi connectivity index (χ2v) is 6.01. The van der Waals surface area contributed by atoms with Gasteiger partial charge in [0.1, 0.15) is 0 Å². The van der Waals surface area contributed by atoms with Crippen molar-refractivity contribution < 1.29 is 13.2 Å². The lowest BCUT2D eigenvalue weighted by atomic mass is 9.85. The summed E-state index contributed by atoms with van der Waals surface area (Å²) in [5, 5.41) is 3.34. The molecule has 1 N–H and O–H groups in total. The van der Waals surface area contributed by atoms with Crippen molar-refractivity contribution in [3.05, 3.63) is 21.9 Å². The maximum absolute atomic E-state index is 12.7. The number of hydrogen-bond donors (Lipinski definition) is 1. The van der Waals surface area contributed by atoms with Crippen LogP contribution in [0.3, 0.4) is 0 Å². The molecule has 1 aliphatic carbocycles. The van der Waals surface area contributed by atoms with Crippen LogP contribution in [0.15, 0.2) is 16.7 Å². The van der Waals surface area contributed by atoms with E-state index in [4.69, 9.17) is 11.6 Å². The van der Waals surface area contributed by atoms with Gasteiger partial charge < -0.3 is 5.32 Å². The molecule has 2 atom stereocenters. The van der Waals surface area contributed by atoms with Gasteiger partial charge in [0.05, 0.1) is 11.6 Å². The molecule has 1 heterocycles. The van der Waals surface area contributed by atoms with Crippen molar-refractivity contribution in [2.75, 3.05) is 5.32 Å². The Bertz CT molecular complexity index is 453. The molecule has 2 unspecified atom stereocenters. The molecule has 0 saturated heterocycles. The van der Waals surface area contributed by atoms with Gasteiger partial charge in [0.2, 0.25) is 0 Å². The predicted octanol–water partition coefficient (Wildman–Crippen LogP) is 5.03. The molecule has 1 aromatic heterocycles. The number of aromatic nitrogens is 1. The Balaban J connectivity index is 2.05. The van der Waals surface area contributed by atoms with Gasteiger partial charge in [-0.15, -0.1) is 0 Å². The summed E-state index contributed by atoms with van der Waals surface area (Å²) in [4.78, 5) is 3.95. The molecule has 2 nitrogen and oxygen atoms in total. The third-order valence-corrected chi connectivity index (χ3v) is 4.04. The first-order valence-corrected chi connectivity index (χ1v) is 7.17. The Kier molecular flexibility index (Phi) is 4.61. The average Bonchev–Trinajstić information content (AvgIpc) is 2.33. The first kappa shape index (κ1) is 14.9. The first-order valence-electron chi connectivity index (χ1n) is 6.00. The summed E-state index contributed by atoms with van der Waals surface area (Å²) in [6.45, 7) is 0. The van der Waals surface area contributed by atoms with E-state index in [9.17, 15) is 13.2 Å². The standard InChI is InChI=1S/C12H13BrClF3N2/c13-8-5-10(11(14)18-6-8)19-9-3-1-2-7(4-9)12(15,16)17/h5-7,9,19H,1-4H2. The molecule has 1 saturated carbocycles. The van der Waals surface area contributed by atoms with Crippen LogP contribution < -0.4 is 5.32 Å². The van der Waals surface area contributed by atoms with Crippen molar-refractivity contribution in [3.8, 4) is 0 Å². The Morgan fingerprint density at radius 1 is 1.37 bits per heavy atom. The first-order chi connectivity index (χ1) is 8.86. The molecule has 0 radical (unpaired) electrons. The lowest BCUT2D eigenvalue weighted by molar-refractivity contribution is -0.182. The average molecular weight is 358 g/mol. The summed E-state index contributed by atoms with van der Waals surface area (Å²) >= 11 is 9.19. The van der Waals surface area contributed by atoms with E-state index < -0.39 is 12.1 Å². The van der Waals surface area contributed by atoms with E-state index in [1.54, 1.807) is 12.3 Å². The molecule has 1 fully saturated rings. The number of alkyl halides is 3. The van der Waals surface area contributed by atoms with Crippen molar-refractivity contribution >= 4 is 33.2 Å². The number of nitrogens with one attached hydrogen (secondary N) is 1. The molecule has 106 valence electrons. The number of anilines is 1. The minimum atomic E-state index is -4.11. The topological polar surface area (TPSA) is 24.9 Å². The molecular formula is C12H13BrClF3N2.